The van der Waals surface area contributed by atoms with Crippen LogP contribution in [0, 0.1) is 5.92 Å². The maximum atomic E-state index is 11.7. The summed E-state index contributed by atoms with van der Waals surface area (Å²) in [5.74, 6) is 0.517. The molecule has 4 nitrogen and oxygen atoms in total. The third-order valence-electron chi connectivity index (χ3n) is 2.43. The summed E-state index contributed by atoms with van der Waals surface area (Å²) < 4.78 is 6.46. The minimum Gasteiger partial charge on any atom is -0.481 e. The van der Waals surface area contributed by atoms with Gasteiger partial charge < -0.3 is 15.2 Å². The van der Waals surface area contributed by atoms with Crippen LogP contribution in [0.25, 0.3) is 0 Å². The minimum atomic E-state index is -0.558. The molecule has 0 aromatic heterocycles. The van der Waals surface area contributed by atoms with Crippen molar-refractivity contribution in [2.75, 3.05) is 13.2 Å². The Labute approximate surface area is 115 Å². The Hall–Kier alpha value is -1.07. The van der Waals surface area contributed by atoms with E-state index in [9.17, 15) is 4.79 Å². The fourth-order valence-corrected chi connectivity index (χ4v) is 1.52. The van der Waals surface area contributed by atoms with Crippen LogP contribution in [0.5, 0.6) is 5.75 Å². The average Bonchev–Trinajstić information content (AvgIpc) is 2.38. The second-order valence-electron chi connectivity index (χ2n) is 4.25. The lowest BCUT2D eigenvalue weighted by Gasteiger charge is -2.16. The van der Waals surface area contributed by atoms with Crippen LogP contribution < -0.4 is 10.1 Å². The fourth-order valence-electron chi connectivity index (χ4n) is 1.25. The molecular formula is C13H18BrNO3. The Morgan fingerprint density at radius 1 is 1.39 bits per heavy atom. The van der Waals surface area contributed by atoms with E-state index >= 15 is 0 Å². The maximum absolute atomic E-state index is 11.7. The monoisotopic (exact) mass is 315 g/mol. The molecule has 0 saturated carbocycles. The van der Waals surface area contributed by atoms with Crippen LogP contribution in [0.2, 0.25) is 0 Å². The van der Waals surface area contributed by atoms with E-state index in [1.807, 2.05) is 19.1 Å². The number of aliphatic hydroxyl groups excluding tert-OH is 1. The zero-order chi connectivity index (χ0) is 13.5. The van der Waals surface area contributed by atoms with Crippen molar-refractivity contribution in [2.24, 2.45) is 5.92 Å². The first-order valence-corrected chi connectivity index (χ1v) is 6.63. The summed E-state index contributed by atoms with van der Waals surface area (Å²) in [4.78, 5) is 11.7. The SMILES string of the molecule is CC(CO)CNC(=O)C(C)Oc1ccc(Br)cc1. The lowest BCUT2D eigenvalue weighted by Crippen LogP contribution is -2.39. The molecule has 1 rings (SSSR count). The smallest absolute Gasteiger partial charge is 0.260 e. The van der Waals surface area contributed by atoms with Crippen molar-refractivity contribution in [1.82, 2.24) is 5.32 Å². The molecule has 0 bridgehead atoms. The topological polar surface area (TPSA) is 58.6 Å². The molecule has 1 aromatic carbocycles. The van der Waals surface area contributed by atoms with Crippen molar-refractivity contribution in [3.8, 4) is 5.75 Å². The molecule has 2 atom stereocenters. The highest BCUT2D eigenvalue weighted by molar-refractivity contribution is 9.10. The average molecular weight is 316 g/mol. The molecule has 5 heteroatoms. The Morgan fingerprint density at radius 2 is 2.00 bits per heavy atom. The Morgan fingerprint density at radius 3 is 2.56 bits per heavy atom. The van der Waals surface area contributed by atoms with Crippen molar-refractivity contribution in [3.05, 3.63) is 28.7 Å². The van der Waals surface area contributed by atoms with E-state index in [0.29, 0.717) is 12.3 Å². The van der Waals surface area contributed by atoms with Crippen LogP contribution in [0.3, 0.4) is 0 Å². The molecule has 0 radical (unpaired) electrons. The molecule has 0 aliphatic rings. The third kappa shape index (κ3) is 5.06. The predicted molar refractivity (Wildman–Crippen MR) is 73.5 cm³/mol. The number of aliphatic hydroxyl groups is 1. The van der Waals surface area contributed by atoms with Gasteiger partial charge in [-0.3, -0.25) is 4.79 Å². The fraction of sp³-hybridized carbons (Fsp3) is 0.462. The standard InChI is InChI=1S/C13H18BrNO3/c1-9(8-16)7-15-13(17)10(2)18-12-5-3-11(14)4-6-12/h3-6,9-10,16H,7-8H2,1-2H3,(H,15,17). The second kappa shape index (κ2) is 7.38. The number of ether oxygens (including phenoxy) is 1. The summed E-state index contributed by atoms with van der Waals surface area (Å²) in [7, 11) is 0. The van der Waals surface area contributed by atoms with Gasteiger partial charge in [0, 0.05) is 17.6 Å². The first-order chi connectivity index (χ1) is 8.52. The van der Waals surface area contributed by atoms with Crippen LogP contribution >= 0.6 is 15.9 Å². The van der Waals surface area contributed by atoms with Gasteiger partial charge in [-0.1, -0.05) is 22.9 Å². The van der Waals surface area contributed by atoms with Crippen LogP contribution in [0.4, 0.5) is 0 Å². The van der Waals surface area contributed by atoms with E-state index in [0.717, 1.165) is 4.47 Å². The van der Waals surface area contributed by atoms with Gasteiger partial charge in [-0.2, -0.15) is 0 Å². The van der Waals surface area contributed by atoms with Crippen LogP contribution in [-0.2, 0) is 4.79 Å². The molecule has 100 valence electrons. The third-order valence-corrected chi connectivity index (χ3v) is 2.96. The highest BCUT2D eigenvalue weighted by atomic mass is 79.9. The Bertz CT molecular complexity index is 380. The van der Waals surface area contributed by atoms with Crippen LogP contribution in [0.1, 0.15) is 13.8 Å². The van der Waals surface area contributed by atoms with E-state index in [-0.39, 0.29) is 18.4 Å². The number of nitrogens with one attached hydrogen (secondary N) is 1. The Balaban J connectivity index is 2.42. The molecule has 2 unspecified atom stereocenters. The largest absolute Gasteiger partial charge is 0.481 e. The molecule has 0 aliphatic carbocycles. The van der Waals surface area contributed by atoms with E-state index in [2.05, 4.69) is 21.2 Å². The molecule has 1 aromatic rings. The number of hydrogen-bond acceptors (Lipinski definition) is 3. The molecule has 2 N–H and O–H groups in total. The van der Waals surface area contributed by atoms with Gasteiger partial charge in [0.1, 0.15) is 5.75 Å². The number of halogens is 1. The highest BCUT2D eigenvalue weighted by Gasteiger charge is 2.14. The normalized spacial score (nSPS) is 13.8. The summed E-state index contributed by atoms with van der Waals surface area (Å²) in [6.07, 6.45) is -0.558. The van der Waals surface area contributed by atoms with Gasteiger partial charge in [-0.15, -0.1) is 0 Å². The maximum Gasteiger partial charge on any atom is 0.260 e. The van der Waals surface area contributed by atoms with Crippen LogP contribution in [-0.4, -0.2) is 30.3 Å². The van der Waals surface area contributed by atoms with Gasteiger partial charge in [-0.25, -0.2) is 0 Å². The summed E-state index contributed by atoms with van der Waals surface area (Å²) in [6, 6.07) is 7.30. The molecule has 0 aliphatic heterocycles. The van der Waals surface area contributed by atoms with E-state index in [4.69, 9.17) is 9.84 Å². The van der Waals surface area contributed by atoms with E-state index in [1.54, 1.807) is 19.1 Å². The summed E-state index contributed by atoms with van der Waals surface area (Å²) in [5.41, 5.74) is 0. The highest BCUT2D eigenvalue weighted by Crippen LogP contribution is 2.17. The number of amides is 1. The van der Waals surface area contributed by atoms with Crippen LogP contribution in [0.15, 0.2) is 28.7 Å². The summed E-state index contributed by atoms with van der Waals surface area (Å²) in [5, 5.41) is 11.6. The lowest BCUT2D eigenvalue weighted by atomic mass is 10.2. The predicted octanol–water partition coefficient (Wildman–Crippen LogP) is 1.96. The summed E-state index contributed by atoms with van der Waals surface area (Å²) in [6.45, 7) is 4.06. The zero-order valence-electron chi connectivity index (χ0n) is 10.5. The molecule has 0 spiro atoms. The van der Waals surface area contributed by atoms with Crippen molar-refractivity contribution in [1.29, 1.82) is 0 Å². The van der Waals surface area contributed by atoms with Crippen molar-refractivity contribution >= 4 is 21.8 Å². The van der Waals surface area contributed by atoms with Gasteiger partial charge in [-0.05, 0) is 37.1 Å². The zero-order valence-corrected chi connectivity index (χ0v) is 12.1. The van der Waals surface area contributed by atoms with Crippen molar-refractivity contribution in [2.45, 2.75) is 20.0 Å². The van der Waals surface area contributed by atoms with Gasteiger partial charge in [0.2, 0.25) is 0 Å². The van der Waals surface area contributed by atoms with E-state index < -0.39 is 6.10 Å². The molecule has 0 saturated heterocycles. The lowest BCUT2D eigenvalue weighted by molar-refractivity contribution is -0.127. The van der Waals surface area contributed by atoms with Gasteiger partial charge in [0.05, 0.1) is 0 Å². The second-order valence-corrected chi connectivity index (χ2v) is 5.16. The van der Waals surface area contributed by atoms with Crippen molar-refractivity contribution < 1.29 is 14.6 Å². The first-order valence-electron chi connectivity index (χ1n) is 5.83. The molecule has 1 amide bonds. The van der Waals surface area contributed by atoms with E-state index in [1.165, 1.54) is 0 Å². The van der Waals surface area contributed by atoms with Crippen molar-refractivity contribution in [3.63, 3.8) is 0 Å². The number of rotatable bonds is 6. The Kier molecular flexibility index (Phi) is 6.15. The van der Waals surface area contributed by atoms with Gasteiger partial charge in [0.25, 0.3) is 5.91 Å². The minimum absolute atomic E-state index is 0.0498. The quantitative estimate of drug-likeness (QED) is 0.843. The molecule has 18 heavy (non-hydrogen) atoms. The first kappa shape index (κ1) is 15.0. The number of benzene rings is 1. The number of hydrogen-bond donors (Lipinski definition) is 2. The molecule has 0 fully saturated rings. The van der Waals surface area contributed by atoms with Gasteiger partial charge in [0.15, 0.2) is 6.10 Å². The number of carbonyl (C=O) groups is 1. The number of carbonyl (C=O) groups excluding carboxylic acids is 1. The summed E-state index contributed by atoms with van der Waals surface area (Å²) >= 11 is 3.33. The molecular weight excluding hydrogens is 298 g/mol. The van der Waals surface area contributed by atoms with Gasteiger partial charge >= 0.3 is 0 Å². The molecule has 0 heterocycles.